The van der Waals surface area contributed by atoms with Gasteiger partial charge in [0.05, 0.1) is 11.3 Å². The van der Waals surface area contributed by atoms with Gasteiger partial charge in [-0.25, -0.2) is 32.2 Å². The highest BCUT2D eigenvalue weighted by molar-refractivity contribution is 7.89. The van der Waals surface area contributed by atoms with Crippen molar-refractivity contribution in [1.82, 2.24) is 28.9 Å². The maximum Gasteiger partial charge on any atom is 0.433 e. The summed E-state index contributed by atoms with van der Waals surface area (Å²) in [4.78, 5) is 13.2. The zero-order valence-corrected chi connectivity index (χ0v) is 18.9. The lowest BCUT2D eigenvalue weighted by Crippen LogP contribution is -2.38. The lowest BCUT2D eigenvalue weighted by molar-refractivity contribution is -0.141. The van der Waals surface area contributed by atoms with Crippen molar-refractivity contribution in [3.05, 3.63) is 29.5 Å². The molecule has 0 amide bonds. The van der Waals surface area contributed by atoms with Crippen LogP contribution in [-0.4, -0.2) is 56.1 Å². The highest BCUT2D eigenvalue weighted by Crippen LogP contribution is 2.39. The van der Waals surface area contributed by atoms with Gasteiger partial charge in [0.1, 0.15) is 21.6 Å². The van der Waals surface area contributed by atoms with Crippen molar-refractivity contribution in [2.75, 3.05) is 18.8 Å². The number of piperidine rings is 1. The number of aryl methyl sites for hydroxylation is 1. The number of hydrogen-bond acceptors (Lipinski definition) is 7. The van der Waals surface area contributed by atoms with E-state index < -0.39 is 21.9 Å². The topological polar surface area (TPSA) is 93.4 Å². The standard InChI is InChI=1S/C19H19F3N6O2S2/c1-3-32(29,30)27-6-4-11(5-7-27)16-25-17-15-14(23-9-28(17)26-16)13-10(2)8-12(19(20,21)22)24-18(13)31-15/h8-9,11H,3-7H2,1-2H3. The average molecular weight is 485 g/mol. The van der Waals surface area contributed by atoms with Gasteiger partial charge in [-0.15, -0.1) is 16.4 Å². The zero-order valence-electron chi connectivity index (χ0n) is 17.2. The number of rotatable bonds is 3. The Hall–Kier alpha value is -2.38. The molecule has 8 nitrogen and oxygen atoms in total. The minimum Gasteiger partial charge on any atom is -0.234 e. The van der Waals surface area contributed by atoms with E-state index in [1.54, 1.807) is 13.8 Å². The minimum absolute atomic E-state index is 0.000623. The molecule has 0 aliphatic carbocycles. The second-order valence-corrected chi connectivity index (χ2v) is 11.1. The van der Waals surface area contributed by atoms with Crippen LogP contribution in [0.15, 0.2) is 12.4 Å². The van der Waals surface area contributed by atoms with Gasteiger partial charge in [-0.2, -0.15) is 13.2 Å². The van der Waals surface area contributed by atoms with Gasteiger partial charge in [0.2, 0.25) is 10.0 Å². The average Bonchev–Trinajstić information content (AvgIpc) is 3.34. The number of aromatic nitrogens is 5. The van der Waals surface area contributed by atoms with Crippen LogP contribution in [0.3, 0.4) is 0 Å². The molecular weight excluding hydrogens is 465 g/mol. The van der Waals surface area contributed by atoms with Crippen LogP contribution in [0.2, 0.25) is 0 Å². The largest absolute Gasteiger partial charge is 0.433 e. The fourth-order valence-corrected chi connectivity index (χ4v) is 6.43. The zero-order chi connectivity index (χ0) is 22.8. The van der Waals surface area contributed by atoms with Gasteiger partial charge in [-0.3, -0.25) is 0 Å². The van der Waals surface area contributed by atoms with E-state index in [0.717, 1.165) is 17.4 Å². The molecule has 1 aliphatic rings. The maximum atomic E-state index is 13.2. The van der Waals surface area contributed by atoms with E-state index in [-0.39, 0.29) is 16.5 Å². The smallest absolute Gasteiger partial charge is 0.234 e. The summed E-state index contributed by atoms with van der Waals surface area (Å²) in [7, 11) is -3.22. The van der Waals surface area contributed by atoms with Gasteiger partial charge in [0.25, 0.3) is 0 Å². The number of nitrogens with zero attached hydrogens (tertiary/aromatic N) is 6. The molecule has 4 aromatic heterocycles. The van der Waals surface area contributed by atoms with Crippen molar-refractivity contribution in [3.63, 3.8) is 0 Å². The molecule has 5 rings (SSSR count). The molecule has 1 aliphatic heterocycles. The quantitative estimate of drug-likeness (QED) is 0.440. The summed E-state index contributed by atoms with van der Waals surface area (Å²) in [6, 6.07) is 1.04. The van der Waals surface area contributed by atoms with Crippen molar-refractivity contribution in [2.45, 2.75) is 38.8 Å². The third-order valence-electron chi connectivity index (χ3n) is 5.85. The first kappa shape index (κ1) is 21.5. The van der Waals surface area contributed by atoms with E-state index in [1.165, 1.54) is 15.1 Å². The predicted molar refractivity (Wildman–Crippen MR) is 114 cm³/mol. The molecule has 0 spiro atoms. The van der Waals surface area contributed by atoms with Gasteiger partial charge in [-0.05, 0) is 38.3 Å². The molecule has 0 radical (unpaired) electrons. The molecule has 0 aromatic carbocycles. The second-order valence-electron chi connectivity index (χ2n) is 7.84. The Morgan fingerprint density at radius 3 is 2.59 bits per heavy atom. The lowest BCUT2D eigenvalue weighted by Gasteiger charge is -2.29. The normalized spacial score (nSPS) is 17.2. The van der Waals surface area contributed by atoms with Gasteiger partial charge in [0, 0.05) is 24.4 Å². The number of thiophene rings is 1. The Morgan fingerprint density at radius 1 is 1.22 bits per heavy atom. The Bertz CT molecular complexity index is 1450. The van der Waals surface area contributed by atoms with Gasteiger partial charge >= 0.3 is 6.18 Å². The van der Waals surface area contributed by atoms with Crippen LogP contribution in [0.25, 0.3) is 26.1 Å². The number of alkyl halides is 3. The van der Waals surface area contributed by atoms with E-state index in [4.69, 9.17) is 0 Å². The van der Waals surface area contributed by atoms with Crippen LogP contribution in [0, 0.1) is 6.92 Å². The number of pyridine rings is 1. The van der Waals surface area contributed by atoms with E-state index in [1.807, 2.05) is 0 Å². The molecule has 1 fully saturated rings. The van der Waals surface area contributed by atoms with Crippen LogP contribution < -0.4 is 0 Å². The SMILES string of the molecule is CCS(=O)(=O)N1CCC(c2nc3c4sc5nc(C(F)(F)F)cc(C)c5c4ncn3n2)CC1. The first-order valence-corrected chi connectivity index (χ1v) is 12.5. The molecule has 13 heteroatoms. The molecule has 0 unspecified atom stereocenters. The Kier molecular flexibility index (Phi) is 4.91. The fourth-order valence-electron chi connectivity index (χ4n) is 4.12. The molecule has 170 valence electrons. The molecule has 0 atom stereocenters. The Balaban J connectivity index is 1.55. The third-order valence-corrected chi connectivity index (χ3v) is 8.80. The number of hydrogen-bond donors (Lipinski definition) is 0. The molecule has 0 N–H and O–H groups in total. The van der Waals surface area contributed by atoms with Gasteiger partial charge < -0.3 is 0 Å². The van der Waals surface area contributed by atoms with E-state index in [2.05, 4.69) is 20.1 Å². The molecule has 0 bridgehead atoms. The van der Waals surface area contributed by atoms with Crippen LogP contribution in [-0.2, 0) is 16.2 Å². The first-order valence-electron chi connectivity index (χ1n) is 10.1. The van der Waals surface area contributed by atoms with Crippen molar-refractivity contribution >= 4 is 47.4 Å². The van der Waals surface area contributed by atoms with E-state index in [9.17, 15) is 21.6 Å². The van der Waals surface area contributed by atoms with E-state index in [0.29, 0.717) is 58.6 Å². The number of halogens is 3. The summed E-state index contributed by atoms with van der Waals surface area (Å²) in [6.07, 6.45) is -1.81. The molecule has 32 heavy (non-hydrogen) atoms. The molecule has 4 aromatic rings. The molecular formula is C19H19F3N6O2S2. The fraction of sp³-hybridized carbons (Fsp3) is 0.474. The van der Waals surface area contributed by atoms with E-state index >= 15 is 0 Å². The van der Waals surface area contributed by atoms with Gasteiger partial charge in [-0.1, -0.05) is 0 Å². The number of sulfonamides is 1. The molecule has 1 saturated heterocycles. The highest BCUT2D eigenvalue weighted by atomic mass is 32.2. The van der Waals surface area contributed by atoms with Crippen LogP contribution in [0.5, 0.6) is 0 Å². The van der Waals surface area contributed by atoms with Crippen molar-refractivity contribution in [1.29, 1.82) is 0 Å². The molecule has 5 heterocycles. The first-order chi connectivity index (χ1) is 15.1. The lowest BCUT2D eigenvalue weighted by atomic mass is 9.98. The van der Waals surface area contributed by atoms with Crippen molar-refractivity contribution in [3.8, 4) is 0 Å². The minimum atomic E-state index is -4.53. The van der Waals surface area contributed by atoms with Crippen LogP contribution in [0.4, 0.5) is 13.2 Å². The monoisotopic (exact) mass is 484 g/mol. The summed E-state index contributed by atoms with van der Waals surface area (Å²) in [5.41, 5.74) is 0.597. The highest BCUT2D eigenvalue weighted by Gasteiger charge is 2.34. The number of fused-ring (bicyclic) bond motifs is 5. The summed E-state index contributed by atoms with van der Waals surface area (Å²) in [5.74, 6) is 0.661. The van der Waals surface area contributed by atoms with Crippen LogP contribution >= 0.6 is 11.3 Å². The van der Waals surface area contributed by atoms with Crippen molar-refractivity contribution in [2.24, 2.45) is 0 Å². The summed E-state index contributed by atoms with van der Waals surface area (Å²) < 4.78 is 67.4. The van der Waals surface area contributed by atoms with Crippen LogP contribution in [0.1, 0.15) is 42.8 Å². The Labute approximate surface area is 185 Å². The van der Waals surface area contributed by atoms with Crippen molar-refractivity contribution < 1.29 is 21.6 Å². The second kappa shape index (κ2) is 7.32. The van der Waals surface area contributed by atoms with Gasteiger partial charge in [0.15, 0.2) is 11.5 Å². The summed E-state index contributed by atoms with van der Waals surface area (Å²) in [5, 5.41) is 5.11. The summed E-state index contributed by atoms with van der Waals surface area (Å²) in [6.45, 7) is 4.07. The predicted octanol–water partition coefficient (Wildman–Crippen LogP) is 3.74. The summed E-state index contributed by atoms with van der Waals surface area (Å²) >= 11 is 1.12. The Morgan fingerprint density at radius 2 is 1.94 bits per heavy atom. The maximum absolute atomic E-state index is 13.2. The third kappa shape index (κ3) is 3.42. The molecule has 0 saturated carbocycles.